The SMILES string of the molecule is C=CC(=O)N1CCc2nn(-c3ccc(C45CC(C4)C5)nc3)c3c2C(C1)N(C(=O)c1ccc(Br)c2[nH]cnc12)CC3. The molecule has 3 saturated carbocycles. The van der Waals surface area contributed by atoms with E-state index in [4.69, 9.17) is 10.1 Å². The van der Waals surface area contributed by atoms with Crippen molar-refractivity contribution in [1.29, 1.82) is 0 Å². The summed E-state index contributed by atoms with van der Waals surface area (Å²) >= 11 is 3.55. The van der Waals surface area contributed by atoms with E-state index in [1.54, 1.807) is 11.2 Å². The van der Waals surface area contributed by atoms with Crippen molar-refractivity contribution >= 4 is 38.8 Å². The van der Waals surface area contributed by atoms with Crippen LogP contribution in [-0.2, 0) is 23.1 Å². The molecular weight excluding hydrogens is 570 g/mol. The van der Waals surface area contributed by atoms with E-state index in [1.807, 2.05) is 27.9 Å². The maximum Gasteiger partial charge on any atom is 0.256 e. The first-order valence-electron chi connectivity index (χ1n) is 13.9. The number of aromatic nitrogens is 5. The Kier molecular flexibility index (Phi) is 5.17. The van der Waals surface area contributed by atoms with Gasteiger partial charge in [0.25, 0.3) is 5.91 Å². The van der Waals surface area contributed by atoms with Crippen LogP contribution < -0.4 is 0 Å². The van der Waals surface area contributed by atoms with Crippen LogP contribution in [0.15, 0.2) is 53.9 Å². The number of rotatable bonds is 4. The molecule has 5 aliphatic rings. The number of H-pyrrole nitrogens is 1. The van der Waals surface area contributed by atoms with Gasteiger partial charge in [-0.25, -0.2) is 9.67 Å². The standard InChI is InChI=1S/C30H28BrN7O2/c1-2-25(39)36-9-7-21-26-22(38(35-21)18-3-6-24(32-14-18)30-11-17(12-30)13-30)8-10-37(23(26)15-36)29(40)19-4-5-20(31)28-27(19)33-16-34-28/h2-6,14,16-17,23H,1,7-13,15H2,(H,33,34). The lowest BCUT2D eigenvalue weighted by atomic mass is 9.43. The fraction of sp³-hybridized carbons (Fsp3) is 0.367. The summed E-state index contributed by atoms with van der Waals surface area (Å²) in [6.45, 7) is 5.13. The summed E-state index contributed by atoms with van der Waals surface area (Å²) < 4.78 is 2.88. The first-order valence-corrected chi connectivity index (χ1v) is 14.7. The monoisotopic (exact) mass is 597 g/mol. The van der Waals surface area contributed by atoms with Gasteiger partial charge in [-0.2, -0.15) is 5.10 Å². The van der Waals surface area contributed by atoms with E-state index >= 15 is 0 Å². The van der Waals surface area contributed by atoms with Gasteiger partial charge in [0.2, 0.25) is 5.91 Å². The van der Waals surface area contributed by atoms with E-state index in [0.29, 0.717) is 49.0 Å². The molecule has 1 atom stereocenters. The molecule has 2 bridgehead atoms. The van der Waals surface area contributed by atoms with Gasteiger partial charge in [0.15, 0.2) is 0 Å². The second-order valence-electron chi connectivity index (χ2n) is 11.6. The van der Waals surface area contributed by atoms with Crippen molar-refractivity contribution in [2.45, 2.75) is 43.6 Å². The second kappa shape index (κ2) is 8.60. The van der Waals surface area contributed by atoms with Gasteiger partial charge in [0.05, 0.1) is 46.7 Å². The quantitative estimate of drug-likeness (QED) is 0.354. The minimum absolute atomic E-state index is 0.101. The Morgan fingerprint density at radius 3 is 2.67 bits per heavy atom. The molecule has 1 unspecified atom stereocenters. The van der Waals surface area contributed by atoms with Crippen LogP contribution in [0, 0.1) is 5.92 Å². The summed E-state index contributed by atoms with van der Waals surface area (Å²) in [5, 5.41) is 5.07. The second-order valence-corrected chi connectivity index (χ2v) is 12.5. The van der Waals surface area contributed by atoms with Crippen molar-refractivity contribution < 1.29 is 9.59 Å². The number of imidazole rings is 1. The van der Waals surface area contributed by atoms with Crippen LogP contribution in [0.3, 0.4) is 0 Å². The Bertz CT molecular complexity index is 1700. The molecule has 0 radical (unpaired) electrons. The summed E-state index contributed by atoms with van der Waals surface area (Å²) in [7, 11) is 0. The maximum absolute atomic E-state index is 14.1. The Balaban J connectivity index is 1.19. The molecule has 40 heavy (non-hydrogen) atoms. The number of halogens is 1. The summed E-state index contributed by atoms with van der Waals surface area (Å²) in [5.41, 5.74) is 7.50. The van der Waals surface area contributed by atoms with Gasteiger partial charge >= 0.3 is 0 Å². The predicted octanol–water partition coefficient (Wildman–Crippen LogP) is 4.27. The normalized spacial score (nSPS) is 24.6. The molecule has 0 spiro atoms. The van der Waals surface area contributed by atoms with Crippen molar-refractivity contribution in [3.8, 4) is 5.69 Å². The number of hydrogen-bond donors (Lipinski definition) is 1. The highest BCUT2D eigenvalue weighted by molar-refractivity contribution is 9.10. The molecular formula is C30H28BrN7O2. The molecule has 10 heteroatoms. The predicted molar refractivity (Wildman–Crippen MR) is 152 cm³/mol. The summed E-state index contributed by atoms with van der Waals surface area (Å²) in [5.74, 6) is 0.671. The van der Waals surface area contributed by atoms with E-state index < -0.39 is 0 Å². The van der Waals surface area contributed by atoms with Crippen molar-refractivity contribution in [2.75, 3.05) is 19.6 Å². The molecule has 3 aromatic heterocycles. The number of hydrogen-bond acceptors (Lipinski definition) is 5. The molecule has 1 aromatic carbocycles. The fourth-order valence-electron chi connectivity index (χ4n) is 7.32. The summed E-state index contributed by atoms with van der Waals surface area (Å²) in [6, 6.07) is 7.68. The van der Waals surface area contributed by atoms with E-state index in [0.717, 1.165) is 38.5 Å². The first-order chi connectivity index (χ1) is 19.5. The highest BCUT2D eigenvalue weighted by Crippen LogP contribution is 2.64. The zero-order valence-electron chi connectivity index (χ0n) is 21.9. The molecule has 202 valence electrons. The minimum atomic E-state index is -0.322. The average Bonchev–Trinajstić information content (AvgIpc) is 3.50. The number of nitrogens with one attached hydrogen (secondary N) is 1. The molecule has 0 saturated heterocycles. The van der Waals surface area contributed by atoms with E-state index in [2.05, 4.69) is 44.6 Å². The Morgan fingerprint density at radius 2 is 1.95 bits per heavy atom. The zero-order chi connectivity index (χ0) is 27.2. The lowest BCUT2D eigenvalue weighted by molar-refractivity contribution is -0.126. The summed E-state index contributed by atoms with van der Waals surface area (Å²) in [6.07, 6.45) is 10.00. The topological polar surface area (TPSA) is 100 Å². The van der Waals surface area contributed by atoms with Gasteiger partial charge in [-0.3, -0.25) is 14.6 Å². The highest BCUT2D eigenvalue weighted by atomic mass is 79.9. The van der Waals surface area contributed by atoms with Crippen LogP contribution in [0.25, 0.3) is 16.7 Å². The first kappa shape index (κ1) is 24.0. The lowest BCUT2D eigenvalue weighted by Crippen LogP contribution is -2.55. The molecule has 5 heterocycles. The van der Waals surface area contributed by atoms with Gasteiger partial charge < -0.3 is 14.8 Å². The van der Waals surface area contributed by atoms with Crippen LogP contribution in [0.4, 0.5) is 0 Å². The third-order valence-electron chi connectivity index (χ3n) is 9.49. The van der Waals surface area contributed by atoms with Crippen LogP contribution in [0.1, 0.15) is 58.3 Å². The van der Waals surface area contributed by atoms with Gasteiger partial charge in [-0.15, -0.1) is 0 Å². The number of carbonyl (C=O) groups excluding carboxylic acids is 2. The molecule has 3 aliphatic carbocycles. The minimum Gasteiger partial charge on any atom is -0.344 e. The smallest absolute Gasteiger partial charge is 0.256 e. The van der Waals surface area contributed by atoms with Crippen LogP contribution >= 0.6 is 15.9 Å². The number of aromatic amines is 1. The van der Waals surface area contributed by atoms with E-state index in [-0.39, 0.29) is 17.9 Å². The third-order valence-corrected chi connectivity index (χ3v) is 10.2. The fourth-order valence-corrected chi connectivity index (χ4v) is 7.76. The highest BCUT2D eigenvalue weighted by Gasteiger charge is 2.58. The Morgan fingerprint density at radius 1 is 1.10 bits per heavy atom. The number of benzene rings is 1. The summed E-state index contributed by atoms with van der Waals surface area (Å²) in [4.78, 5) is 43.0. The van der Waals surface area contributed by atoms with Gasteiger partial charge in [0, 0.05) is 53.6 Å². The number of nitrogens with zero attached hydrogens (tertiary/aromatic N) is 6. The van der Waals surface area contributed by atoms with Gasteiger partial charge in [-0.05, 0) is 71.5 Å². The Labute approximate surface area is 239 Å². The number of fused-ring (bicyclic) bond motifs is 1. The van der Waals surface area contributed by atoms with Crippen LogP contribution in [0.2, 0.25) is 0 Å². The number of amides is 2. The van der Waals surface area contributed by atoms with Crippen LogP contribution in [0.5, 0.6) is 0 Å². The number of carbonyl (C=O) groups is 2. The average molecular weight is 599 g/mol. The lowest BCUT2D eigenvalue weighted by Gasteiger charge is -2.61. The molecule has 9 nitrogen and oxygen atoms in total. The van der Waals surface area contributed by atoms with Crippen molar-refractivity contribution in [3.63, 3.8) is 0 Å². The molecule has 4 aromatic rings. The van der Waals surface area contributed by atoms with Gasteiger partial charge in [0.1, 0.15) is 5.52 Å². The third kappa shape index (κ3) is 3.34. The van der Waals surface area contributed by atoms with Crippen molar-refractivity contribution in [1.82, 2.24) is 34.5 Å². The van der Waals surface area contributed by atoms with E-state index in [1.165, 1.54) is 31.0 Å². The number of pyridine rings is 1. The maximum atomic E-state index is 14.1. The molecule has 1 N–H and O–H groups in total. The van der Waals surface area contributed by atoms with Gasteiger partial charge in [-0.1, -0.05) is 6.58 Å². The van der Waals surface area contributed by atoms with Crippen molar-refractivity contribution in [3.05, 3.63) is 82.1 Å². The van der Waals surface area contributed by atoms with Crippen molar-refractivity contribution in [2.24, 2.45) is 5.92 Å². The molecule has 9 rings (SSSR count). The zero-order valence-corrected chi connectivity index (χ0v) is 23.5. The largest absolute Gasteiger partial charge is 0.344 e. The Hall–Kier alpha value is -3.79. The molecule has 2 aliphatic heterocycles. The molecule has 3 fully saturated rings. The molecule has 2 amide bonds. The van der Waals surface area contributed by atoms with Crippen LogP contribution in [-0.4, -0.2) is 66.0 Å². The van der Waals surface area contributed by atoms with E-state index in [9.17, 15) is 9.59 Å².